The fourth-order valence-corrected chi connectivity index (χ4v) is 4.87. The molecular weight excluding hydrogens is 513 g/mol. The number of halogens is 3. The van der Waals surface area contributed by atoms with E-state index >= 15 is 0 Å². The highest BCUT2D eigenvalue weighted by molar-refractivity contribution is 6.06. The van der Waals surface area contributed by atoms with Gasteiger partial charge in [0.2, 0.25) is 0 Å². The topological polar surface area (TPSA) is 65.5 Å². The maximum atomic E-state index is 13.5. The van der Waals surface area contributed by atoms with Gasteiger partial charge in [0.05, 0.1) is 30.8 Å². The third-order valence-electron chi connectivity index (χ3n) is 6.63. The maximum Gasteiger partial charge on any atom is 0.573 e. The molecule has 5 nitrogen and oxygen atoms in total. The molecule has 0 bridgehead atoms. The Kier molecular flexibility index (Phi) is 6.33. The van der Waals surface area contributed by atoms with Gasteiger partial charge in [0, 0.05) is 11.1 Å². The molecule has 0 atom stereocenters. The van der Waals surface area contributed by atoms with Crippen molar-refractivity contribution in [2.24, 2.45) is 0 Å². The molecule has 0 unspecified atom stereocenters. The zero-order chi connectivity index (χ0) is 28.6. The van der Waals surface area contributed by atoms with Crippen LogP contribution in [0.2, 0.25) is 0 Å². The molecule has 0 spiro atoms. The fourth-order valence-electron chi connectivity index (χ4n) is 4.87. The quantitative estimate of drug-likeness (QED) is 0.174. The van der Waals surface area contributed by atoms with Crippen LogP contribution in [-0.2, 0) is 0 Å². The molecule has 0 radical (unpaired) electrons. The smallest absolute Gasteiger partial charge is 0.405 e. The van der Waals surface area contributed by atoms with Gasteiger partial charge in [-0.25, -0.2) is 15.0 Å². The van der Waals surface area contributed by atoms with E-state index in [0.29, 0.717) is 33.5 Å². The van der Waals surface area contributed by atoms with Gasteiger partial charge in [-0.2, -0.15) is 5.26 Å². The number of nitrogens with zero attached hydrogens (tertiary/aromatic N) is 4. The molecule has 8 heteroatoms. The van der Waals surface area contributed by atoms with Crippen LogP contribution in [0, 0.1) is 42.7 Å². The van der Waals surface area contributed by atoms with Gasteiger partial charge in [0.15, 0.2) is 5.69 Å². The van der Waals surface area contributed by atoms with Crippen molar-refractivity contribution < 1.29 is 17.9 Å². The number of ether oxygens (including phenoxy) is 1. The number of benzene rings is 4. The summed E-state index contributed by atoms with van der Waals surface area (Å²) in [5.74, 6) is -0.491. The molecule has 5 rings (SSSR count). The van der Waals surface area contributed by atoms with Crippen LogP contribution in [0.3, 0.4) is 0 Å². The van der Waals surface area contributed by atoms with Crippen molar-refractivity contribution in [1.82, 2.24) is 0 Å². The third-order valence-corrected chi connectivity index (χ3v) is 6.63. The molecule has 4 aromatic carbocycles. The van der Waals surface area contributed by atoms with Crippen LogP contribution in [0.15, 0.2) is 78.5 Å². The number of hydrogen-bond acceptors (Lipinski definition) is 3. The van der Waals surface area contributed by atoms with Crippen LogP contribution in [0.25, 0.3) is 48.6 Å². The van der Waals surface area contributed by atoms with Gasteiger partial charge in [0.1, 0.15) is 5.75 Å². The van der Waals surface area contributed by atoms with E-state index in [9.17, 15) is 18.4 Å². The number of alkyl halides is 3. The number of fused-ring (bicyclic) bond motifs is 3. The van der Waals surface area contributed by atoms with Gasteiger partial charge in [-0.1, -0.05) is 42.5 Å². The van der Waals surface area contributed by atoms with Crippen LogP contribution < -0.4 is 4.74 Å². The van der Waals surface area contributed by atoms with Gasteiger partial charge in [0.25, 0.3) is 5.70 Å². The van der Waals surface area contributed by atoms with E-state index < -0.39 is 12.1 Å². The molecule has 40 heavy (non-hydrogen) atoms. The molecule has 0 aromatic heterocycles. The van der Waals surface area contributed by atoms with E-state index in [1.807, 2.05) is 43.3 Å². The molecule has 0 fully saturated rings. The monoisotopic (exact) mass is 528 g/mol. The molecular formula is C32H15F3N4O. The summed E-state index contributed by atoms with van der Waals surface area (Å²) >= 11 is 0. The normalized spacial score (nSPS) is 12.7. The van der Waals surface area contributed by atoms with Crippen molar-refractivity contribution >= 4 is 11.3 Å². The molecule has 0 heterocycles. The first-order valence-electron chi connectivity index (χ1n) is 11.8. The molecule has 0 saturated carbocycles. The van der Waals surface area contributed by atoms with E-state index in [-0.39, 0.29) is 22.4 Å². The second kappa shape index (κ2) is 9.80. The number of nitriles is 2. The van der Waals surface area contributed by atoms with Gasteiger partial charge in [-0.3, -0.25) is 0 Å². The SMILES string of the molecule is [C-]#[N+]/C(C#N)=C1\c2cc(C)c(-c3ccc([N+]#[C-])cc3)cc2-c2cc(-c3ccc(C#N)cc3)c(OC(F)(F)F)cc21. The first-order chi connectivity index (χ1) is 19.2. The van der Waals surface area contributed by atoms with Crippen molar-refractivity contribution in [1.29, 1.82) is 10.5 Å². The molecule has 4 aromatic rings. The lowest BCUT2D eigenvalue weighted by Crippen LogP contribution is -2.17. The van der Waals surface area contributed by atoms with E-state index in [2.05, 4.69) is 14.4 Å². The van der Waals surface area contributed by atoms with Gasteiger partial charge < -0.3 is 4.74 Å². The first kappa shape index (κ1) is 25.8. The van der Waals surface area contributed by atoms with Gasteiger partial charge >= 0.3 is 6.36 Å². The van der Waals surface area contributed by atoms with Gasteiger partial charge in [-0.05, 0) is 81.8 Å². The predicted octanol–water partition coefficient (Wildman–Crippen LogP) is 8.83. The Labute approximate surface area is 227 Å². The van der Waals surface area contributed by atoms with Crippen LogP contribution >= 0.6 is 0 Å². The fraction of sp³-hybridized carbons (Fsp3) is 0.0625. The summed E-state index contributed by atoms with van der Waals surface area (Å²) in [6.45, 7) is 16.6. The summed E-state index contributed by atoms with van der Waals surface area (Å²) in [5.41, 5.74) is 5.84. The Balaban J connectivity index is 1.82. The first-order valence-corrected chi connectivity index (χ1v) is 11.8. The highest BCUT2D eigenvalue weighted by Gasteiger charge is 2.35. The third kappa shape index (κ3) is 4.52. The minimum Gasteiger partial charge on any atom is -0.405 e. The van der Waals surface area contributed by atoms with E-state index in [1.165, 1.54) is 30.3 Å². The second-order valence-electron chi connectivity index (χ2n) is 8.95. The van der Waals surface area contributed by atoms with Crippen molar-refractivity contribution in [3.63, 3.8) is 0 Å². The average Bonchev–Trinajstić information content (AvgIpc) is 3.24. The van der Waals surface area contributed by atoms with E-state index in [1.54, 1.807) is 18.2 Å². The summed E-state index contributed by atoms with van der Waals surface area (Å²) in [7, 11) is 0. The molecule has 1 aliphatic carbocycles. The lowest BCUT2D eigenvalue weighted by atomic mass is 9.92. The Hall–Kier alpha value is -5.83. The summed E-state index contributed by atoms with van der Waals surface area (Å²) in [5, 5.41) is 18.9. The highest BCUT2D eigenvalue weighted by atomic mass is 19.4. The van der Waals surface area contributed by atoms with Crippen molar-refractivity contribution in [2.45, 2.75) is 13.3 Å². The van der Waals surface area contributed by atoms with E-state index in [0.717, 1.165) is 16.7 Å². The van der Waals surface area contributed by atoms with E-state index in [4.69, 9.17) is 18.4 Å². The lowest BCUT2D eigenvalue weighted by Gasteiger charge is -2.16. The number of hydrogen-bond donors (Lipinski definition) is 0. The standard InChI is InChI=1S/C32H15F3N4O/c1-18-12-27-25(13-23(18)20-8-10-22(38-2)11-9-20)26-14-24(21-6-4-19(16-36)5-7-21)30(40-32(33,34)35)15-28(26)31(27)29(17-37)39-3/h4-15H,1H3/b31-29+. The minimum atomic E-state index is -5.00. The van der Waals surface area contributed by atoms with Crippen molar-refractivity contribution in [3.8, 4) is 51.3 Å². The van der Waals surface area contributed by atoms with Crippen LogP contribution in [-0.4, -0.2) is 6.36 Å². The molecule has 190 valence electrons. The lowest BCUT2D eigenvalue weighted by molar-refractivity contribution is -0.274. The highest BCUT2D eigenvalue weighted by Crippen LogP contribution is 2.52. The minimum absolute atomic E-state index is 0.137. The van der Waals surface area contributed by atoms with Crippen LogP contribution in [0.5, 0.6) is 5.75 Å². The summed E-state index contributed by atoms with van der Waals surface area (Å²) < 4.78 is 45.0. The van der Waals surface area contributed by atoms with Crippen molar-refractivity contribution in [2.75, 3.05) is 0 Å². The number of rotatable bonds is 3. The molecule has 0 N–H and O–H groups in total. The maximum absolute atomic E-state index is 13.5. The zero-order valence-electron chi connectivity index (χ0n) is 20.8. The Morgan fingerprint density at radius 2 is 1.35 bits per heavy atom. The van der Waals surface area contributed by atoms with Gasteiger partial charge in [-0.15, -0.1) is 13.2 Å². The second-order valence-corrected chi connectivity index (χ2v) is 8.95. The summed E-state index contributed by atoms with van der Waals surface area (Å²) in [4.78, 5) is 6.79. The molecule has 0 aliphatic heterocycles. The number of aryl methyl sites for hydroxylation is 1. The zero-order valence-corrected chi connectivity index (χ0v) is 20.8. The average molecular weight is 528 g/mol. The number of allylic oxidation sites excluding steroid dienone is 1. The largest absolute Gasteiger partial charge is 0.573 e. The molecule has 0 saturated heterocycles. The Bertz CT molecular complexity index is 1880. The predicted molar refractivity (Wildman–Crippen MR) is 143 cm³/mol. The Morgan fingerprint density at radius 3 is 1.90 bits per heavy atom. The molecule has 0 amide bonds. The van der Waals surface area contributed by atoms with Crippen molar-refractivity contribution in [3.05, 3.63) is 124 Å². The van der Waals surface area contributed by atoms with Crippen LogP contribution in [0.1, 0.15) is 22.3 Å². The Morgan fingerprint density at radius 1 is 0.775 bits per heavy atom. The summed E-state index contributed by atoms with van der Waals surface area (Å²) in [6, 6.07) is 23.5. The van der Waals surface area contributed by atoms with Crippen LogP contribution in [0.4, 0.5) is 18.9 Å². The molecule has 1 aliphatic rings. The summed E-state index contributed by atoms with van der Waals surface area (Å²) in [6.07, 6.45) is -5.00.